The van der Waals surface area contributed by atoms with E-state index >= 15 is 0 Å². The zero-order valence-electron chi connectivity index (χ0n) is 12.8. The van der Waals surface area contributed by atoms with E-state index in [0.717, 1.165) is 0 Å². The van der Waals surface area contributed by atoms with Crippen LogP contribution in [-0.4, -0.2) is 17.2 Å². The number of carbonyl (C=O) groups excluding carboxylic acids is 1. The highest BCUT2D eigenvalue weighted by Gasteiger charge is 2.39. The fourth-order valence-corrected chi connectivity index (χ4v) is 2.39. The van der Waals surface area contributed by atoms with Crippen molar-refractivity contribution >= 4 is 12.1 Å². The predicted octanol–water partition coefficient (Wildman–Crippen LogP) is 2.67. The van der Waals surface area contributed by atoms with Crippen LogP contribution < -0.4 is 5.43 Å². The minimum absolute atomic E-state index is 0.460. The number of nitrogens with one attached hydrogen (secondary N) is 1. The van der Waals surface area contributed by atoms with Crippen molar-refractivity contribution < 1.29 is 14.3 Å². The number of carbonyl (C=O) groups is 1. The molecular formula is C19H16N2O3. The first-order chi connectivity index (χ1) is 11.7. The van der Waals surface area contributed by atoms with Gasteiger partial charge in [0.05, 0.1) is 12.5 Å². The lowest BCUT2D eigenvalue weighted by Crippen LogP contribution is -2.43. The number of nitrogens with zero attached hydrogens (tertiary/aromatic N) is 1. The molecule has 0 radical (unpaired) electrons. The Morgan fingerprint density at radius 3 is 2.04 bits per heavy atom. The number of hydrazone groups is 1. The largest absolute Gasteiger partial charge is 0.463 e. The molecule has 2 N–H and O–H groups in total. The second-order valence-corrected chi connectivity index (χ2v) is 5.16. The third kappa shape index (κ3) is 3.11. The minimum Gasteiger partial charge on any atom is -0.463 e. The van der Waals surface area contributed by atoms with Crippen LogP contribution in [-0.2, 0) is 10.4 Å². The van der Waals surface area contributed by atoms with Gasteiger partial charge in [-0.2, -0.15) is 5.10 Å². The number of amides is 1. The lowest BCUT2D eigenvalue weighted by molar-refractivity contribution is -0.136. The fourth-order valence-electron chi connectivity index (χ4n) is 2.39. The molecule has 0 aliphatic rings. The molecule has 0 saturated heterocycles. The summed E-state index contributed by atoms with van der Waals surface area (Å²) < 4.78 is 5.11. The first-order valence-electron chi connectivity index (χ1n) is 7.41. The molecule has 2 aromatic carbocycles. The van der Waals surface area contributed by atoms with Gasteiger partial charge in [0.25, 0.3) is 5.91 Å². The van der Waals surface area contributed by atoms with E-state index in [4.69, 9.17) is 4.42 Å². The maximum atomic E-state index is 12.7. The van der Waals surface area contributed by atoms with Gasteiger partial charge in [0.1, 0.15) is 5.76 Å². The fraction of sp³-hybridized carbons (Fsp3) is 0.0526. The van der Waals surface area contributed by atoms with Crippen molar-refractivity contribution in [3.8, 4) is 0 Å². The molecule has 0 aliphatic heterocycles. The molecule has 0 bridgehead atoms. The van der Waals surface area contributed by atoms with Gasteiger partial charge in [0.2, 0.25) is 0 Å². The average Bonchev–Trinajstić information content (AvgIpc) is 3.16. The van der Waals surface area contributed by atoms with Crippen LogP contribution in [0.3, 0.4) is 0 Å². The Bertz CT molecular complexity index is 773. The molecule has 120 valence electrons. The minimum atomic E-state index is -1.84. The van der Waals surface area contributed by atoms with Gasteiger partial charge in [-0.3, -0.25) is 4.79 Å². The van der Waals surface area contributed by atoms with Crippen LogP contribution in [0.1, 0.15) is 16.9 Å². The summed E-state index contributed by atoms with van der Waals surface area (Å²) in [4.78, 5) is 12.7. The average molecular weight is 320 g/mol. The lowest BCUT2D eigenvalue weighted by atomic mass is 9.85. The van der Waals surface area contributed by atoms with Gasteiger partial charge in [-0.05, 0) is 23.3 Å². The summed E-state index contributed by atoms with van der Waals surface area (Å²) in [5.74, 6) is -0.152. The van der Waals surface area contributed by atoms with E-state index in [2.05, 4.69) is 10.5 Å². The number of aliphatic hydroxyl groups is 1. The molecule has 0 unspecified atom stereocenters. The third-order valence-electron chi connectivity index (χ3n) is 3.61. The normalized spacial score (nSPS) is 11.5. The van der Waals surface area contributed by atoms with E-state index in [1.54, 1.807) is 60.7 Å². The molecule has 1 aromatic heterocycles. The summed E-state index contributed by atoms with van der Waals surface area (Å²) in [6, 6.07) is 20.9. The van der Waals surface area contributed by atoms with Crippen LogP contribution in [0, 0.1) is 0 Å². The topological polar surface area (TPSA) is 74.8 Å². The Balaban J connectivity index is 1.91. The van der Waals surface area contributed by atoms with Gasteiger partial charge in [-0.15, -0.1) is 0 Å². The van der Waals surface area contributed by atoms with Gasteiger partial charge in [0, 0.05) is 0 Å². The van der Waals surface area contributed by atoms with Crippen LogP contribution in [0.25, 0.3) is 0 Å². The zero-order chi connectivity index (χ0) is 16.8. The van der Waals surface area contributed by atoms with Crippen LogP contribution in [0.5, 0.6) is 0 Å². The highest BCUT2D eigenvalue weighted by Crippen LogP contribution is 2.29. The predicted molar refractivity (Wildman–Crippen MR) is 90.3 cm³/mol. The highest BCUT2D eigenvalue weighted by atomic mass is 16.3. The van der Waals surface area contributed by atoms with Crippen molar-refractivity contribution in [1.82, 2.24) is 5.43 Å². The summed E-state index contributed by atoms with van der Waals surface area (Å²) in [7, 11) is 0. The number of hydrogen-bond donors (Lipinski definition) is 2. The van der Waals surface area contributed by atoms with Gasteiger partial charge in [0.15, 0.2) is 5.60 Å². The molecule has 1 amide bonds. The van der Waals surface area contributed by atoms with Crippen LogP contribution >= 0.6 is 0 Å². The molecular weight excluding hydrogens is 304 g/mol. The van der Waals surface area contributed by atoms with Crippen molar-refractivity contribution in [1.29, 1.82) is 0 Å². The maximum Gasteiger partial charge on any atom is 0.281 e. The molecule has 1 heterocycles. The molecule has 3 rings (SSSR count). The number of benzene rings is 2. The first kappa shape index (κ1) is 15.7. The quantitative estimate of drug-likeness (QED) is 0.560. The molecule has 24 heavy (non-hydrogen) atoms. The van der Waals surface area contributed by atoms with E-state index < -0.39 is 11.5 Å². The molecule has 0 spiro atoms. The third-order valence-corrected chi connectivity index (χ3v) is 3.61. The summed E-state index contributed by atoms with van der Waals surface area (Å²) >= 11 is 0. The van der Waals surface area contributed by atoms with Gasteiger partial charge >= 0.3 is 0 Å². The van der Waals surface area contributed by atoms with Gasteiger partial charge in [-0.1, -0.05) is 60.7 Å². The monoisotopic (exact) mass is 320 g/mol. The number of furan rings is 1. The summed E-state index contributed by atoms with van der Waals surface area (Å²) in [6.07, 6.45) is 2.88. The van der Waals surface area contributed by atoms with E-state index in [9.17, 15) is 9.90 Å². The van der Waals surface area contributed by atoms with E-state index in [-0.39, 0.29) is 0 Å². The van der Waals surface area contributed by atoms with Crippen LogP contribution in [0.2, 0.25) is 0 Å². The molecule has 5 nitrogen and oxygen atoms in total. The highest BCUT2D eigenvalue weighted by molar-refractivity contribution is 5.90. The van der Waals surface area contributed by atoms with Crippen LogP contribution in [0.15, 0.2) is 88.6 Å². The van der Waals surface area contributed by atoms with Crippen molar-refractivity contribution in [2.75, 3.05) is 0 Å². The Kier molecular flexibility index (Phi) is 4.54. The van der Waals surface area contributed by atoms with E-state index in [1.165, 1.54) is 12.5 Å². The van der Waals surface area contributed by atoms with Crippen molar-refractivity contribution in [3.63, 3.8) is 0 Å². The molecule has 0 saturated carbocycles. The molecule has 0 fully saturated rings. The lowest BCUT2D eigenvalue weighted by Gasteiger charge is -2.26. The number of hydrogen-bond acceptors (Lipinski definition) is 4. The molecule has 5 heteroatoms. The zero-order valence-corrected chi connectivity index (χ0v) is 12.8. The second kappa shape index (κ2) is 6.93. The smallest absolute Gasteiger partial charge is 0.281 e. The van der Waals surface area contributed by atoms with Crippen molar-refractivity contribution in [2.24, 2.45) is 5.10 Å². The van der Waals surface area contributed by atoms with Crippen LogP contribution in [0.4, 0.5) is 0 Å². The Hall–Kier alpha value is -3.18. The molecule has 3 aromatic rings. The summed E-state index contributed by atoms with van der Waals surface area (Å²) in [5.41, 5.74) is 1.45. The van der Waals surface area contributed by atoms with E-state index in [1.807, 2.05) is 12.1 Å². The van der Waals surface area contributed by atoms with Crippen molar-refractivity contribution in [3.05, 3.63) is 95.9 Å². The molecule has 0 atom stereocenters. The van der Waals surface area contributed by atoms with Gasteiger partial charge < -0.3 is 9.52 Å². The number of rotatable bonds is 5. The Labute approximate surface area is 139 Å². The SMILES string of the molecule is O=C(N/N=C/c1ccco1)C(O)(c1ccccc1)c1ccccc1. The van der Waals surface area contributed by atoms with Gasteiger partial charge in [-0.25, -0.2) is 5.43 Å². The standard InChI is InChI=1S/C19H16N2O3/c22-18(21-20-14-17-12-7-13-24-17)19(23,15-8-3-1-4-9-15)16-10-5-2-6-11-16/h1-14,23H,(H,21,22)/b20-14+. The molecule has 0 aliphatic carbocycles. The summed E-state index contributed by atoms with van der Waals surface area (Å²) in [5, 5.41) is 15.0. The second-order valence-electron chi connectivity index (χ2n) is 5.16. The summed E-state index contributed by atoms with van der Waals surface area (Å²) in [6.45, 7) is 0. The van der Waals surface area contributed by atoms with Crippen molar-refractivity contribution in [2.45, 2.75) is 5.60 Å². The maximum absolute atomic E-state index is 12.7. The Morgan fingerprint density at radius 2 is 1.54 bits per heavy atom. The Morgan fingerprint density at radius 1 is 0.958 bits per heavy atom. The first-order valence-corrected chi connectivity index (χ1v) is 7.41. The van der Waals surface area contributed by atoms with E-state index in [0.29, 0.717) is 16.9 Å².